The Hall–Kier alpha value is -1.79. The van der Waals surface area contributed by atoms with E-state index in [2.05, 4.69) is 0 Å². The highest BCUT2D eigenvalue weighted by Gasteiger charge is 2.30. The molecule has 0 saturated carbocycles. The fraction of sp³-hybridized carbons (Fsp3) is 0.812. The number of nitrogens with zero attached hydrogens (tertiary/aromatic N) is 2. The summed E-state index contributed by atoms with van der Waals surface area (Å²) >= 11 is 0. The predicted molar refractivity (Wildman–Crippen MR) is 86.9 cm³/mol. The lowest BCUT2D eigenvalue weighted by atomic mass is 10.0. The summed E-state index contributed by atoms with van der Waals surface area (Å²) in [5.41, 5.74) is -0.584. The van der Waals surface area contributed by atoms with E-state index in [4.69, 9.17) is 9.47 Å². The Labute approximate surface area is 138 Å². The number of methoxy groups -OCH3 is 1. The molecule has 7 nitrogen and oxygen atoms in total. The maximum absolute atomic E-state index is 12.3. The van der Waals surface area contributed by atoms with Crippen molar-refractivity contribution in [3.05, 3.63) is 0 Å². The van der Waals surface area contributed by atoms with E-state index in [9.17, 15) is 14.4 Å². The molecule has 0 fully saturated rings. The van der Waals surface area contributed by atoms with E-state index in [-0.39, 0.29) is 24.8 Å². The van der Waals surface area contributed by atoms with Crippen LogP contribution in [0.5, 0.6) is 0 Å². The van der Waals surface area contributed by atoms with Gasteiger partial charge in [-0.2, -0.15) is 0 Å². The van der Waals surface area contributed by atoms with Gasteiger partial charge < -0.3 is 19.3 Å². The van der Waals surface area contributed by atoms with Gasteiger partial charge in [-0.1, -0.05) is 13.8 Å². The lowest BCUT2D eigenvalue weighted by molar-refractivity contribution is -0.153. The van der Waals surface area contributed by atoms with Crippen LogP contribution in [0.3, 0.4) is 0 Å². The molecule has 0 aromatic heterocycles. The van der Waals surface area contributed by atoms with Gasteiger partial charge in [0.15, 0.2) is 0 Å². The summed E-state index contributed by atoms with van der Waals surface area (Å²) in [4.78, 5) is 38.6. The van der Waals surface area contributed by atoms with Crippen molar-refractivity contribution in [2.75, 3.05) is 27.7 Å². The van der Waals surface area contributed by atoms with Crippen molar-refractivity contribution in [1.29, 1.82) is 0 Å². The smallest absolute Gasteiger partial charge is 0.410 e. The van der Waals surface area contributed by atoms with Crippen molar-refractivity contribution in [3.8, 4) is 0 Å². The standard InChI is InChI=1S/C16H30N2O5/c1-11(2)13(14(20)22-8)18(7)12(19)9-10-17(6)15(21)23-16(3,4)5/h11,13H,9-10H2,1-8H3. The molecular formula is C16H30N2O5. The van der Waals surface area contributed by atoms with Crippen LogP contribution >= 0.6 is 0 Å². The first-order valence-corrected chi connectivity index (χ1v) is 7.68. The normalized spacial score (nSPS) is 12.6. The van der Waals surface area contributed by atoms with E-state index in [1.54, 1.807) is 34.9 Å². The van der Waals surface area contributed by atoms with Gasteiger partial charge in [0.05, 0.1) is 7.11 Å². The van der Waals surface area contributed by atoms with E-state index < -0.39 is 23.7 Å². The van der Waals surface area contributed by atoms with E-state index >= 15 is 0 Å². The lowest BCUT2D eigenvalue weighted by Gasteiger charge is -2.30. The van der Waals surface area contributed by atoms with Crippen molar-refractivity contribution in [2.24, 2.45) is 5.92 Å². The molecule has 23 heavy (non-hydrogen) atoms. The third-order valence-electron chi connectivity index (χ3n) is 3.25. The average molecular weight is 330 g/mol. The molecule has 2 amide bonds. The third-order valence-corrected chi connectivity index (χ3v) is 3.25. The Bertz CT molecular complexity index is 429. The zero-order chi connectivity index (χ0) is 18.4. The maximum atomic E-state index is 12.3. The molecule has 0 aliphatic heterocycles. The summed E-state index contributed by atoms with van der Waals surface area (Å²) in [6.45, 7) is 9.24. The first-order chi connectivity index (χ1) is 10.4. The molecule has 1 unspecified atom stereocenters. The van der Waals surface area contributed by atoms with Crippen LogP contribution in [0.4, 0.5) is 4.79 Å². The Morgan fingerprint density at radius 2 is 1.61 bits per heavy atom. The summed E-state index contributed by atoms with van der Waals surface area (Å²) in [6.07, 6.45) is -0.381. The Kier molecular flexibility index (Phi) is 8.06. The van der Waals surface area contributed by atoms with Gasteiger partial charge in [-0.15, -0.1) is 0 Å². The van der Waals surface area contributed by atoms with Crippen LogP contribution in [-0.4, -0.2) is 67.2 Å². The molecule has 0 aliphatic carbocycles. The summed E-state index contributed by atoms with van der Waals surface area (Å²) in [7, 11) is 4.44. The molecule has 134 valence electrons. The maximum Gasteiger partial charge on any atom is 0.410 e. The highest BCUT2D eigenvalue weighted by atomic mass is 16.6. The van der Waals surface area contributed by atoms with Gasteiger partial charge >= 0.3 is 12.1 Å². The van der Waals surface area contributed by atoms with Crippen LogP contribution in [0.15, 0.2) is 0 Å². The van der Waals surface area contributed by atoms with Gasteiger partial charge in [0.2, 0.25) is 5.91 Å². The number of carbonyl (C=O) groups is 3. The molecule has 0 N–H and O–H groups in total. The van der Waals surface area contributed by atoms with E-state index in [0.717, 1.165) is 0 Å². The molecule has 0 aromatic carbocycles. The largest absolute Gasteiger partial charge is 0.467 e. The topological polar surface area (TPSA) is 76.2 Å². The van der Waals surface area contributed by atoms with Crippen molar-refractivity contribution in [3.63, 3.8) is 0 Å². The number of carbonyl (C=O) groups excluding carboxylic acids is 3. The van der Waals surface area contributed by atoms with Crippen LogP contribution < -0.4 is 0 Å². The summed E-state index contributed by atoms with van der Waals surface area (Å²) < 4.78 is 9.97. The zero-order valence-electron chi connectivity index (χ0n) is 15.5. The number of esters is 1. The molecule has 0 spiro atoms. The molecule has 0 saturated heterocycles. The van der Waals surface area contributed by atoms with Crippen molar-refractivity contribution < 1.29 is 23.9 Å². The predicted octanol–water partition coefficient (Wildman–Crippen LogP) is 1.90. The molecule has 0 bridgehead atoms. The quantitative estimate of drug-likeness (QED) is 0.695. The monoisotopic (exact) mass is 330 g/mol. The fourth-order valence-corrected chi connectivity index (χ4v) is 2.02. The molecule has 7 heteroatoms. The first kappa shape index (κ1) is 21.2. The minimum absolute atomic E-state index is 0.0695. The molecule has 0 rings (SSSR count). The van der Waals surface area contributed by atoms with Crippen molar-refractivity contribution in [1.82, 2.24) is 9.80 Å². The number of hydrogen-bond acceptors (Lipinski definition) is 5. The highest BCUT2D eigenvalue weighted by Crippen LogP contribution is 2.13. The molecular weight excluding hydrogens is 300 g/mol. The molecule has 1 atom stereocenters. The third kappa shape index (κ3) is 7.34. The summed E-state index contributed by atoms with van der Waals surface area (Å²) in [6, 6.07) is -0.640. The van der Waals surface area contributed by atoms with Gasteiger partial charge in [-0.05, 0) is 26.7 Å². The van der Waals surface area contributed by atoms with Gasteiger partial charge in [-0.3, -0.25) is 4.79 Å². The number of hydrogen-bond donors (Lipinski definition) is 0. The minimum Gasteiger partial charge on any atom is -0.467 e. The first-order valence-electron chi connectivity index (χ1n) is 7.68. The summed E-state index contributed by atoms with van der Waals surface area (Å²) in [5.74, 6) is -0.749. The Balaban J connectivity index is 4.63. The number of likely N-dealkylation sites (N-methyl/N-ethyl adjacent to an activating group) is 1. The van der Waals surface area contributed by atoms with Gasteiger partial charge in [0.25, 0.3) is 0 Å². The van der Waals surface area contributed by atoms with E-state index in [1.807, 2.05) is 13.8 Å². The zero-order valence-corrected chi connectivity index (χ0v) is 15.5. The van der Waals surface area contributed by atoms with E-state index in [0.29, 0.717) is 0 Å². The Morgan fingerprint density at radius 1 is 1.09 bits per heavy atom. The van der Waals surface area contributed by atoms with Crippen LogP contribution in [0.1, 0.15) is 41.0 Å². The van der Waals surface area contributed by atoms with Gasteiger partial charge in [0.1, 0.15) is 11.6 Å². The second-order valence-electron chi connectivity index (χ2n) is 6.87. The van der Waals surface area contributed by atoms with Crippen LogP contribution in [0, 0.1) is 5.92 Å². The average Bonchev–Trinajstić information content (AvgIpc) is 2.41. The second-order valence-corrected chi connectivity index (χ2v) is 6.87. The van der Waals surface area contributed by atoms with Crippen molar-refractivity contribution in [2.45, 2.75) is 52.7 Å². The van der Waals surface area contributed by atoms with Crippen LogP contribution in [0.2, 0.25) is 0 Å². The fourth-order valence-electron chi connectivity index (χ4n) is 2.02. The molecule has 0 aliphatic rings. The van der Waals surface area contributed by atoms with Crippen molar-refractivity contribution >= 4 is 18.0 Å². The number of rotatable bonds is 6. The highest BCUT2D eigenvalue weighted by molar-refractivity contribution is 5.84. The minimum atomic E-state index is -0.640. The van der Waals surface area contributed by atoms with Gasteiger partial charge in [-0.25, -0.2) is 9.59 Å². The second kappa shape index (κ2) is 8.74. The van der Waals surface area contributed by atoms with Crippen LogP contribution in [0.25, 0.3) is 0 Å². The number of ether oxygens (including phenoxy) is 2. The van der Waals surface area contributed by atoms with E-state index in [1.165, 1.54) is 16.9 Å². The lowest BCUT2D eigenvalue weighted by Crippen LogP contribution is -2.47. The Morgan fingerprint density at radius 3 is 2.00 bits per heavy atom. The SMILES string of the molecule is COC(=O)C(C(C)C)N(C)C(=O)CCN(C)C(=O)OC(C)(C)C. The molecule has 0 aromatic rings. The molecule has 0 heterocycles. The summed E-state index contributed by atoms with van der Waals surface area (Å²) in [5, 5.41) is 0. The van der Waals surface area contributed by atoms with Gasteiger partial charge in [0, 0.05) is 27.1 Å². The van der Waals surface area contributed by atoms with Crippen LogP contribution in [-0.2, 0) is 19.1 Å². The number of amides is 2. The molecule has 0 radical (unpaired) electrons.